The van der Waals surface area contributed by atoms with Gasteiger partial charge in [0.2, 0.25) is 0 Å². The van der Waals surface area contributed by atoms with Crippen LogP contribution in [0.4, 0.5) is 5.69 Å². The minimum Gasteiger partial charge on any atom is -0.366 e. The number of nitrogens with zero attached hydrogens (tertiary/aromatic N) is 3. The van der Waals surface area contributed by atoms with Gasteiger partial charge in [-0.2, -0.15) is 10.5 Å². The highest BCUT2D eigenvalue weighted by Gasteiger charge is 2.30. The number of nitriles is 2. The van der Waals surface area contributed by atoms with Crippen molar-refractivity contribution in [1.29, 1.82) is 10.5 Å². The summed E-state index contributed by atoms with van der Waals surface area (Å²) in [5, 5.41) is 17.8. The first-order valence-electron chi connectivity index (χ1n) is 5.59. The average Bonchev–Trinajstić information content (AvgIpc) is 3.14. The zero-order valence-corrected chi connectivity index (χ0v) is 10.9. The molecule has 1 saturated carbocycles. The van der Waals surface area contributed by atoms with Crippen molar-refractivity contribution in [1.82, 2.24) is 0 Å². The Morgan fingerprint density at radius 3 is 2.71 bits per heavy atom. The Labute approximate surface area is 109 Å². The van der Waals surface area contributed by atoms with Gasteiger partial charge in [0.1, 0.15) is 6.07 Å². The highest BCUT2D eigenvalue weighted by atomic mass is 79.9. The van der Waals surface area contributed by atoms with Crippen molar-refractivity contribution in [2.24, 2.45) is 0 Å². The molecule has 1 aliphatic carbocycles. The number of benzene rings is 1. The molecule has 0 atom stereocenters. The molecular formula is C13H12BrN3. The van der Waals surface area contributed by atoms with E-state index < -0.39 is 0 Å². The first kappa shape index (κ1) is 12.0. The van der Waals surface area contributed by atoms with Crippen molar-refractivity contribution in [3.05, 3.63) is 28.2 Å². The van der Waals surface area contributed by atoms with Crippen LogP contribution in [0.1, 0.15) is 24.8 Å². The lowest BCUT2D eigenvalue weighted by Crippen LogP contribution is -2.27. The molecule has 0 aliphatic heterocycles. The van der Waals surface area contributed by atoms with E-state index in [9.17, 15) is 0 Å². The maximum Gasteiger partial charge on any atom is 0.101 e. The van der Waals surface area contributed by atoms with E-state index in [1.807, 2.05) is 18.2 Å². The zero-order chi connectivity index (χ0) is 12.3. The minimum absolute atomic E-state index is 0.494. The lowest BCUT2D eigenvalue weighted by molar-refractivity contribution is 0.791. The molecule has 4 heteroatoms. The van der Waals surface area contributed by atoms with Crippen molar-refractivity contribution >= 4 is 21.6 Å². The van der Waals surface area contributed by atoms with Crippen LogP contribution in [0.15, 0.2) is 22.7 Å². The quantitative estimate of drug-likeness (QED) is 0.855. The lowest BCUT2D eigenvalue weighted by Gasteiger charge is -2.24. The van der Waals surface area contributed by atoms with Crippen LogP contribution in [0.2, 0.25) is 0 Å². The standard InChI is InChI=1S/C13H12BrN3/c14-11-3-2-10(9-16)13(8-11)17(7-1-6-15)12-4-5-12/h2-3,8,12H,1,4-5,7H2. The second-order valence-corrected chi connectivity index (χ2v) is 5.02. The Morgan fingerprint density at radius 1 is 1.35 bits per heavy atom. The van der Waals surface area contributed by atoms with Gasteiger partial charge in [0, 0.05) is 17.1 Å². The lowest BCUT2D eigenvalue weighted by atomic mass is 10.1. The number of rotatable bonds is 4. The molecular weight excluding hydrogens is 278 g/mol. The third-order valence-electron chi connectivity index (χ3n) is 2.84. The molecule has 17 heavy (non-hydrogen) atoms. The van der Waals surface area contributed by atoms with E-state index in [-0.39, 0.29) is 0 Å². The van der Waals surface area contributed by atoms with Crippen molar-refractivity contribution in [2.75, 3.05) is 11.4 Å². The summed E-state index contributed by atoms with van der Waals surface area (Å²) < 4.78 is 0.967. The highest BCUT2D eigenvalue weighted by molar-refractivity contribution is 9.10. The van der Waals surface area contributed by atoms with Gasteiger partial charge in [-0.3, -0.25) is 0 Å². The normalized spacial score (nSPS) is 13.8. The molecule has 1 fully saturated rings. The Balaban J connectivity index is 2.31. The average molecular weight is 290 g/mol. The molecule has 0 heterocycles. The van der Waals surface area contributed by atoms with E-state index in [0.29, 0.717) is 24.6 Å². The first-order valence-corrected chi connectivity index (χ1v) is 6.39. The molecule has 0 saturated heterocycles. The third kappa shape index (κ3) is 2.78. The van der Waals surface area contributed by atoms with Gasteiger partial charge in [-0.25, -0.2) is 0 Å². The number of halogens is 1. The molecule has 1 aliphatic rings. The number of hydrogen-bond donors (Lipinski definition) is 0. The molecule has 2 rings (SSSR count). The van der Waals surface area contributed by atoms with Crippen LogP contribution in [0.5, 0.6) is 0 Å². The van der Waals surface area contributed by atoms with Crippen molar-refractivity contribution in [2.45, 2.75) is 25.3 Å². The summed E-state index contributed by atoms with van der Waals surface area (Å²) >= 11 is 3.43. The summed E-state index contributed by atoms with van der Waals surface area (Å²) in [4.78, 5) is 2.19. The Bertz CT molecular complexity index is 494. The maximum absolute atomic E-state index is 9.13. The summed E-state index contributed by atoms with van der Waals surface area (Å²) in [6, 6.07) is 10.5. The molecule has 0 spiro atoms. The van der Waals surface area contributed by atoms with Crippen molar-refractivity contribution < 1.29 is 0 Å². The van der Waals surface area contributed by atoms with Gasteiger partial charge < -0.3 is 4.90 Å². The van der Waals surface area contributed by atoms with Crippen LogP contribution in [-0.2, 0) is 0 Å². The molecule has 86 valence electrons. The molecule has 1 aromatic carbocycles. The Morgan fingerprint density at radius 2 is 2.12 bits per heavy atom. The van der Waals surface area contributed by atoms with Gasteiger partial charge >= 0.3 is 0 Å². The van der Waals surface area contributed by atoms with Crippen LogP contribution in [0.25, 0.3) is 0 Å². The van der Waals surface area contributed by atoms with E-state index in [1.54, 1.807) is 0 Å². The zero-order valence-electron chi connectivity index (χ0n) is 9.36. The van der Waals surface area contributed by atoms with Gasteiger partial charge in [0.25, 0.3) is 0 Å². The van der Waals surface area contributed by atoms with Gasteiger partial charge in [-0.05, 0) is 31.0 Å². The van der Waals surface area contributed by atoms with Crippen LogP contribution < -0.4 is 4.90 Å². The first-order chi connectivity index (χ1) is 8.26. The maximum atomic E-state index is 9.13. The minimum atomic E-state index is 0.494. The molecule has 0 unspecified atom stereocenters. The predicted molar refractivity (Wildman–Crippen MR) is 69.5 cm³/mol. The predicted octanol–water partition coefficient (Wildman–Crippen LogP) is 3.20. The molecule has 3 nitrogen and oxygen atoms in total. The Kier molecular flexibility index (Phi) is 3.66. The van der Waals surface area contributed by atoms with E-state index in [4.69, 9.17) is 10.5 Å². The fourth-order valence-corrected chi connectivity index (χ4v) is 2.24. The number of anilines is 1. The summed E-state index contributed by atoms with van der Waals surface area (Å²) in [6.07, 6.45) is 2.81. The molecule has 0 aromatic heterocycles. The van der Waals surface area contributed by atoms with Gasteiger partial charge in [0.05, 0.1) is 23.7 Å². The summed E-state index contributed by atoms with van der Waals surface area (Å²) in [5.74, 6) is 0. The van der Waals surface area contributed by atoms with Crippen LogP contribution in [0, 0.1) is 22.7 Å². The van der Waals surface area contributed by atoms with Gasteiger partial charge in [-0.1, -0.05) is 15.9 Å². The fraction of sp³-hybridized carbons (Fsp3) is 0.385. The smallest absolute Gasteiger partial charge is 0.101 e. The summed E-state index contributed by atoms with van der Waals surface area (Å²) in [7, 11) is 0. The summed E-state index contributed by atoms with van der Waals surface area (Å²) in [6.45, 7) is 0.701. The van der Waals surface area contributed by atoms with E-state index in [2.05, 4.69) is 33.0 Å². The fourth-order valence-electron chi connectivity index (χ4n) is 1.89. The second kappa shape index (κ2) is 5.21. The van der Waals surface area contributed by atoms with Gasteiger partial charge in [-0.15, -0.1) is 0 Å². The second-order valence-electron chi connectivity index (χ2n) is 4.11. The SMILES string of the molecule is N#CCCN(c1cc(Br)ccc1C#N)C1CC1. The van der Waals surface area contributed by atoms with Gasteiger partial charge in [0.15, 0.2) is 0 Å². The van der Waals surface area contributed by atoms with Crippen molar-refractivity contribution in [3.63, 3.8) is 0 Å². The number of hydrogen-bond acceptors (Lipinski definition) is 3. The third-order valence-corrected chi connectivity index (χ3v) is 3.34. The van der Waals surface area contributed by atoms with Crippen LogP contribution >= 0.6 is 15.9 Å². The summed E-state index contributed by atoms with van der Waals surface area (Å²) in [5.41, 5.74) is 1.62. The highest BCUT2D eigenvalue weighted by Crippen LogP contribution is 2.34. The van der Waals surface area contributed by atoms with Crippen LogP contribution in [-0.4, -0.2) is 12.6 Å². The molecule has 0 radical (unpaired) electrons. The van der Waals surface area contributed by atoms with E-state index in [1.165, 1.54) is 0 Å². The van der Waals surface area contributed by atoms with E-state index >= 15 is 0 Å². The monoisotopic (exact) mass is 289 g/mol. The molecule has 0 bridgehead atoms. The van der Waals surface area contributed by atoms with Crippen molar-refractivity contribution in [3.8, 4) is 12.1 Å². The molecule has 0 amide bonds. The topological polar surface area (TPSA) is 50.8 Å². The van der Waals surface area contributed by atoms with E-state index in [0.717, 1.165) is 23.0 Å². The van der Waals surface area contributed by atoms with Crippen LogP contribution in [0.3, 0.4) is 0 Å². The molecule has 0 N–H and O–H groups in total. The molecule has 1 aromatic rings. The Hall–Kier alpha value is -1.52. The largest absolute Gasteiger partial charge is 0.366 e.